The van der Waals surface area contributed by atoms with Crippen LogP contribution in [-0.2, 0) is 6.54 Å². The molecule has 3 rings (SSSR count). The first-order valence-electron chi connectivity index (χ1n) is 6.16. The van der Waals surface area contributed by atoms with Gasteiger partial charge >= 0.3 is 0 Å². The van der Waals surface area contributed by atoms with Crippen LogP contribution >= 0.6 is 0 Å². The molecule has 0 amide bonds. The van der Waals surface area contributed by atoms with Crippen molar-refractivity contribution in [3.8, 4) is 11.4 Å². The molecule has 2 aromatic heterocycles. The van der Waals surface area contributed by atoms with Crippen LogP contribution in [0.25, 0.3) is 22.4 Å². The zero-order valence-electron chi connectivity index (χ0n) is 10.6. The van der Waals surface area contributed by atoms with Gasteiger partial charge in [-0.05, 0) is 12.1 Å². The van der Waals surface area contributed by atoms with Crippen LogP contribution in [0.15, 0.2) is 36.7 Å². The second-order valence-electron chi connectivity index (χ2n) is 4.37. The summed E-state index contributed by atoms with van der Waals surface area (Å²) in [5.41, 5.74) is 7.36. The van der Waals surface area contributed by atoms with Gasteiger partial charge in [0.05, 0.1) is 11.0 Å². The minimum absolute atomic E-state index is 0.378. The molecule has 2 heterocycles. The zero-order chi connectivity index (χ0) is 14.1. The number of rotatable bonds is 3. The van der Waals surface area contributed by atoms with Gasteiger partial charge in [0.25, 0.3) is 0 Å². The second kappa shape index (κ2) is 4.97. The maximum atomic E-state index is 13.4. The number of aromatic nitrogens is 3. The Kier molecular flexibility index (Phi) is 3.15. The third-order valence-corrected chi connectivity index (χ3v) is 3.08. The summed E-state index contributed by atoms with van der Waals surface area (Å²) in [5.74, 6) is -1.18. The van der Waals surface area contributed by atoms with Crippen molar-refractivity contribution in [2.45, 2.75) is 6.54 Å². The number of nitrogens with two attached hydrogens (primary N) is 1. The molecule has 1 aromatic carbocycles. The molecule has 0 aliphatic heterocycles. The Labute approximate surface area is 113 Å². The number of nitrogens with zero attached hydrogens (tertiary/aromatic N) is 3. The molecule has 4 nitrogen and oxygen atoms in total. The average molecular weight is 274 g/mol. The van der Waals surface area contributed by atoms with Gasteiger partial charge in [0, 0.05) is 43.2 Å². The van der Waals surface area contributed by atoms with Crippen LogP contribution in [0.5, 0.6) is 0 Å². The van der Waals surface area contributed by atoms with E-state index in [1.807, 2.05) is 0 Å². The van der Waals surface area contributed by atoms with Gasteiger partial charge in [0.15, 0.2) is 11.6 Å². The molecule has 0 aliphatic carbocycles. The third-order valence-electron chi connectivity index (χ3n) is 3.08. The highest BCUT2D eigenvalue weighted by atomic mass is 19.2. The smallest absolute Gasteiger partial charge is 0.161 e. The molecule has 0 unspecified atom stereocenters. The van der Waals surface area contributed by atoms with Gasteiger partial charge in [-0.15, -0.1) is 0 Å². The summed E-state index contributed by atoms with van der Waals surface area (Å²) in [7, 11) is 0. The highest BCUT2D eigenvalue weighted by molar-refractivity contribution is 5.80. The van der Waals surface area contributed by atoms with Crippen LogP contribution < -0.4 is 5.73 Å². The molecule has 6 heteroatoms. The van der Waals surface area contributed by atoms with E-state index in [4.69, 9.17) is 5.73 Å². The molecular weight excluding hydrogens is 262 g/mol. The van der Waals surface area contributed by atoms with Crippen molar-refractivity contribution < 1.29 is 8.78 Å². The highest BCUT2D eigenvalue weighted by Gasteiger charge is 2.15. The molecule has 20 heavy (non-hydrogen) atoms. The van der Waals surface area contributed by atoms with Crippen LogP contribution in [0.3, 0.4) is 0 Å². The standard InChI is InChI=1S/C14H12F2N4/c15-10-7-12-13(8-11(10)16)20(6-3-17)14(19-12)9-1-4-18-5-2-9/h1-2,4-5,7-8H,3,6,17H2. The molecule has 0 aliphatic rings. The van der Waals surface area contributed by atoms with E-state index in [9.17, 15) is 8.78 Å². The summed E-state index contributed by atoms with van der Waals surface area (Å²) in [4.78, 5) is 8.32. The number of hydrogen-bond donors (Lipinski definition) is 1. The molecule has 102 valence electrons. The van der Waals surface area contributed by atoms with Crippen molar-refractivity contribution >= 4 is 11.0 Å². The van der Waals surface area contributed by atoms with Crippen LogP contribution in [0.2, 0.25) is 0 Å². The fourth-order valence-corrected chi connectivity index (χ4v) is 2.20. The monoisotopic (exact) mass is 274 g/mol. The number of halogens is 2. The topological polar surface area (TPSA) is 56.7 Å². The van der Waals surface area contributed by atoms with Crippen LogP contribution in [-0.4, -0.2) is 21.1 Å². The fraction of sp³-hybridized carbons (Fsp3) is 0.143. The normalized spacial score (nSPS) is 11.2. The summed E-state index contributed by atoms with van der Waals surface area (Å²) in [6, 6.07) is 5.84. The second-order valence-corrected chi connectivity index (χ2v) is 4.37. The maximum absolute atomic E-state index is 13.4. The summed E-state index contributed by atoms with van der Waals surface area (Å²) >= 11 is 0. The number of imidazole rings is 1. The molecule has 2 N–H and O–H groups in total. The lowest BCUT2D eigenvalue weighted by molar-refractivity contribution is 0.510. The third kappa shape index (κ3) is 2.04. The van der Waals surface area contributed by atoms with E-state index in [0.29, 0.717) is 29.9 Å². The Hall–Kier alpha value is -2.34. The van der Waals surface area contributed by atoms with E-state index in [0.717, 1.165) is 17.7 Å². The molecule has 0 saturated carbocycles. The van der Waals surface area contributed by atoms with E-state index in [2.05, 4.69) is 9.97 Å². The summed E-state index contributed by atoms with van der Waals surface area (Å²) in [5, 5.41) is 0. The Morgan fingerprint density at radius 2 is 1.80 bits per heavy atom. The van der Waals surface area contributed by atoms with Crippen molar-refractivity contribution in [3.63, 3.8) is 0 Å². The molecule has 0 fully saturated rings. The van der Waals surface area contributed by atoms with Crippen molar-refractivity contribution in [2.24, 2.45) is 5.73 Å². The van der Waals surface area contributed by atoms with Crippen LogP contribution in [0.4, 0.5) is 8.78 Å². The first kappa shape index (κ1) is 12.7. The van der Waals surface area contributed by atoms with E-state index in [-0.39, 0.29) is 0 Å². The number of hydrogen-bond acceptors (Lipinski definition) is 3. The van der Waals surface area contributed by atoms with Gasteiger partial charge in [0.2, 0.25) is 0 Å². The summed E-state index contributed by atoms with van der Waals surface area (Å²) in [6.45, 7) is 0.849. The fourth-order valence-electron chi connectivity index (χ4n) is 2.20. The highest BCUT2D eigenvalue weighted by Crippen LogP contribution is 2.26. The van der Waals surface area contributed by atoms with Crippen molar-refractivity contribution in [3.05, 3.63) is 48.3 Å². The molecule has 0 radical (unpaired) electrons. The number of benzene rings is 1. The lowest BCUT2D eigenvalue weighted by Gasteiger charge is -2.07. The van der Waals surface area contributed by atoms with Crippen molar-refractivity contribution in [2.75, 3.05) is 6.54 Å². The van der Waals surface area contributed by atoms with E-state index in [1.165, 1.54) is 0 Å². The Bertz CT molecular complexity index is 753. The van der Waals surface area contributed by atoms with Gasteiger partial charge in [0.1, 0.15) is 5.82 Å². The van der Waals surface area contributed by atoms with Gasteiger partial charge < -0.3 is 10.3 Å². The van der Waals surface area contributed by atoms with E-state index < -0.39 is 11.6 Å². The Morgan fingerprint density at radius 1 is 1.10 bits per heavy atom. The van der Waals surface area contributed by atoms with Gasteiger partial charge in [-0.3, -0.25) is 4.98 Å². The SMILES string of the molecule is NCCn1c(-c2ccncc2)nc2cc(F)c(F)cc21. The van der Waals surface area contributed by atoms with E-state index >= 15 is 0 Å². The van der Waals surface area contributed by atoms with Gasteiger partial charge in [-0.2, -0.15) is 0 Å². The first-order chi connectivity index (χ1) is 9.70. The van der Waals surface area contributed by atoms with Gasteiger partial charge in [-0.1, -0.05) is 0 Å². The molecular formula is C14H12F2N4. The zero-order valence-corrected chi connectivity index (χ0v) is 10.6. The van der Waals surface area contributed by atoms with E-state index in [1.54, 1.807) is 29.1 Å². The lowest BCUT2D eigenvalue weighted by Crippen LogP contribution is -2.11. The quantitative estimate of drug-likeness (QED) is 0.797. The molecule has 0 saturated heterocycles. The maximum Gasteiger partial charge on any atom is 0.161 e. The summed E-state index contributed by atoms with van der Waals surface area (Å²) in [6.07, 6.45) is 3.28. The van der Waals surface area contributed by atoms with Crippen LogP contribution in [0.1, 0.15) is 0 Å². The Balaban J connectivity index is 2.28. The first-order valence-corrected chi connectivity index (χ1v) is 6.16. The Morgan fingerprint density at radius 3 is 2.50 bits per heavy atom. The van der Waals surface area contributed by atoms with Gasteiger partial charge in [-0.25, -0.2) is 13.8 Å². The average Bonchev–Trinajstić information content (AvgIpc) is 2.79. The molecule has 0 atom stereocenters. The largest absolute Gasteiger partial charge is 0.329 e. The molecule has 0 bridgehead atoms. The molecule has 3 aromatic rings. The minimum Gasteiger partial charge on any atom is -0.329 e. The van der Waals surface area contributed by atoms with Crippen molar-refractivity contribution in [1.82, 2.24) is 14.5 Å². The minimum atomic E-state index is -0.906. The number of fused-ring (bicyclic) bond motifs is 1. The molecule has 0 spiro atoms. The van der Waals surface area contributed by atoms with Crippen molar-refractivity contribution in [1.29, 1.82) is 0 Å². The summed E-state index contributed by atoms with van der Waals surface area (Å²) < 4.78 is 28.5. The lowest BCUT2D eigenvalue weighted by atomic mass is 10.2. The number of pyridine rings is 1. The predicted octanol–water partition coefficient (Wildman–Crippen LogP) is 2.34. The van der Waals surface area contributed by atoms with Crippen LogP contribution in [0, 0.1) is 11.6 Å². The predicted molar refractivity (Wildman–Crippen MR) is 71.9 cm³/mol.